The van der Waals surface area contributed by atoms with Crippen LogP contribution in [0.4, 0.5) is 13.2 Å². The molecule has 0 aliphatic heterocycles. The first-order valence-electron chi connectivity index (χ1n) is 7.23. The molecule has 0 fully saturated rings. The molecular weight excluding hydrogens is 353 g/mol. The third-order valence-electron chi connectivity index (χ3n) is 3.49. The molecule has 0 saturated heterocycles. The highest BCUT2D eigenvalue weighted by Gasteiger charge is 2.29. The van der Waals surface area contributed by atoms with Crippen molar-refractivity contribution in [2.24, 2.45) is 0 Å². The number of thiophene rings is 1. The Morgan fingerprint density at radius 1 is 1.04 bits per heavy atom. The van der Waals surface area contributed by atoms with Crippen LogP contribution in [0.1, 0.15) is 16.8 Å². The summed E-state index contributed by atoms with van der Waals surface area (Å²) >= 11 is 3.24. The van der Waals surface area contributed by atoms with E-state index in [0.29, 0.717) is 13.1 Å². The van der Waals surface area contributed by atoms with Crippen LogP contribution in [0.25, 0.3) is 10.6 Å². The van der Waals surface area contributed by atoms with Crippen LogP contribution in [0.2, 0.25) is 0 Å². The topological polar surface area (TPSA) is 16.1 Å². The van der Waals surface area contributed by atoms with Gasteiger partial charge in [-0.25, -0.2) is 4.98 Å². The molecule has 0 unspecified atom stereocenters. The summed E-state index contributed by atoms with van der Waals surface area (Å²) in [5, 5.41) is 7.10. The molecule has 2 heterocycles. The number of benzene rings is 1. The maximum atomic E-state index is 12.6. The van der Waals surface area contributed by atoms with Crippen LogP contribution >= 0.6 is 22.7 Å². The quantitative estimate of drug-likeness (QED) is 0.589. The first-order chi connectivity index (χ1) is 11.4. The van der Waals surface area contributed by atoms with Gasteiger partial charge in [0, 0.05) is 29.4 Å². The molecule has 0 bridgehead atoms. The number of alkyl halides is 3. The van der Waals surface area contributed by atoms with Gasteiger partial charge in [0.1, 0.15) is 5.01 Å². The lowest BCUT2D eigenvalue weighted by atomic mass is 10.1. The van der Waals surface area contributed by atoms with Gasteiger partial charge >= 0.3 is 6.18 Å². The summed E-state index contributed by atoms with van der Waals surface area (Å²) in [7, 11) is 1.93. The van der Waals surface area contributed by atoms with Crippen molar-refractivity contribution in [1.29, 1.82) is 0 Å². The van der Waals surface area contributed by atoms with Gasteiger partial charge in [-0.05, 0) is 36.2 Å². The molecule has 7 heteroatoms. The molecule has 0 aliphatic rings. The van der Waals surface area contributed by atoms with Gasteiger partial charge < -0.3 is 0 Å². The van der Waals surface area contributed by atoms with Crippen molar-refractivity contribution in [1.82, 2.24) is 9.88 Å². The van der Waals surface area contributed by atoms with E-state index in [9.17, 15) is 13.2 Å². The summed E-state index contributed by atoms with van der Waals surface area (Å²) < 4.78 is 37.7. The van der Waals surface area contributed by atoms with E-state index in [1.807, 2.05) is 28.8 Å². The van der Waals surface area contributed by atoms with E-state index < -0.39 is 11.7 Å². The van der Waals surface area contributed by atoms with E-state index in [1.54, 1.807) is 22.7 Å². The van der Waals surface area contributed by atoms with Crippen LogP contribution in [-0.4, -0.2) is 16.9 Å². The first-order valence-corrected chi connectivity index (χ1v) is 9.06. The smallest absolute Gasteiger partial charge is 0.296 e. The van der Waals surface area contributed by atoms with Crippen molar-refractivity contribution in [3.63, 3.8) is 0 Å². The highest BCUT2D eigenvalue weighted by Crippen LogP contribution is 2.29. The number of halogens is 3. The highest BCUT2D eigenvalue weighted by molar-refractivity contribution is 7.14. The number of aromatic nitrogens is 1. The highest BCUT2D eigenvalue weighted by atomic mass is 32.1. The van der Waals surface area contributed by atoms with Crippen LogP contribution in [0.5, 0.6) is 0 Å². The average Bonchev–Trinajstić information content (AvgIpc) is 3.17. The van der Waals surface area contributed by atoms with Crippen LogP contribution < -0.4 is 0 Å². The summed E-state index contributed by atoms with van der Waals surface area (Å²) in [6.07, 6.45) is -4.29. The molecule has 0 aliphatic carbocycles. The Hall–Kier alpha value is -1.70. The zero-order valence-electron chi connectivity index (χ0n) is 12.9. The number of nitrogens with zero attached hydrogens (tertiary/aromatic N) is 2. The molecule has 0 atom stereocenters. The molecule has 1 aromatic carbocycles. The Balaban J connectivity index is 1.60. The molecule has 0 spiro atoms. The molecule has 3 rings (SSSR count). The van der Waals surface area contributed by atoms with Gasteiger partial charge in [0.25, 0.3) is 0 Å². The fourth-order valence-electron chi connectivity index (χ4n) is 2.34. The maximum Gasteiger partial charge on any atom is 0.416 e. The molecule has 0 saturated carbocycles. The van der Waals surface area contributed by atoms with Crippen molar-refractivity contribution >= 4 is 22.7 Å². The van der Waals surface area contributed by atoms with Gasteiger partial charge in [-0.3, -0.25) is 4.90 Å². The van der Waals surface area contributed by atoms with Gasteiger partial charge in [-0.1, -0.05) is 12.1 Å². The van der Waals surface area contributed by atoms with Crippen molar-refractivity contribution in [2.75, 3.05) is 7.05 Å². The first kappa shape index (κ1) is 17.1. The van der Waals surface area contributed by atoms with Gasteiger partial charge in [0.15, 0.2) is 0 Å². The fraction of sp³-hybridized carbons (Fsp3) is 0.235. The summed E-state index contributed by atoms with van der Waals surface area (Å²) in [6, 6.07) is 7.34. The minimum absolute atomic E-state index is 0.573. The average molecular weight is 368 g/mol. The number of hydrogen-bond donors (Lipinski definition) is 0. The van der Waals surface area contributed by atoms with E-state index in [-0.39, 0.29) is 0 Å². The molecule has 126 valence electrons. The monoisotopic (exact) mass is 368 g/mol. The molecule has 0 amide bonds. The minimum atomic E-state index is -4.29. The third kappa shape index (κ3) is 4.23. The predicted molar refractivity (Wildman–Crippen MR) is 92.0 cm³/mol. The van der Waals surface area contributed by atoms with Gasteiger partial charge in [0.2, 0.25) is 0 Å². The Bertz CT molecular complexity index is 777. The zero-order valence-corrected chi connectivity index (χ0v) is 14.5. The SMILES string of the molecule is CN(Cc1ccc(C(F)(F)F)cc1)Cc1csc(-c2ccsc2)n1. The summed E-state index contributed by atoms with van der Waals surface area (Å²) in [4.78, 5) is 6.65. The van der Waals surface area contributed by atoms with Gasteiger partial charge in [-0.15, -0.1) is 11.3 Å². The molecule has 0 radical (unpaired) electrons. The summed E-state index contributed by atoms with van der Waals surface area (Å²) in [5.41, 5.74) is 2.32. The number of thiazole rings is 1. The van der Waals surface area contributed by atoms with E-state index in [1.165, 1.54) is 12.1 Å². The van der Waals surface area contributed by atoms with E-state index in [4.69, 9.17) is 0 Å². The number of hydrogen-bond acceptors (Lipinski definition) is 4. The molecule has 0 N–H and O–H groups in total. The molecule has 2 nitrogen and oxygen atoms in total. The van der Waals surface area contributed by atoms with Crippen molar-refractivity contribution in [3.8, 4) is 10.6 Å². The maximum absolute atomic E-state index is 12.6. The largest absolute Gasteiger partial charge is 0.416 e. The van der Waals surface area contributed by atoms with Crippen LogP contribution in [0, 0.1) is 0 Å². The normalized spacial score (nSPS) is 12.0. The second kappa shape index (κ2) is 7.04. The van der Waals surface area contributed by atoms with Gasteiger partial charge in [0.05, 0.1) is 11.3 Å². The van der Waals surface area contributed by atoms with Crippen LogP contribution in [0.15, 0.2) is 46.5 Å². The Morgan fingerprint density at radius 3 is 2.42 bits per heavy atom. The minimum Gasteiger partial charge on any atom is -0.296 e. The second-order valence-corrected chi connectivity index (χ2v) is 7.16. The van der Waals surface area contributed by atoms with E-state index >= 15 is 0 Å². The van der Waals surface area contributed by atoms with E-state index in [2.05, 4.69) is 10.4 Å². The van der Waals surface area contributed by atoms with Crippen molar-refractivity contribution < 1.29 is 13.2 Å². The third-order valence-corrected chi connectivity index (χ3v) is 5.11. The lowest BCUT2D eigenvalue weighted by molar-refractivity contribution is -0.137. The lowest BCUT2D eigenvalue weighted by Gasteiger charge is -2.16. The zero-order chi connectivity index (χ0) is 17.2. The van der Waals surface area contributed by atoms with Crippen LogP contribution in [0.3, 0.4) is 0 Å². The van der Waals surface area contributed by atoms with Gasteiger partial charge in [-0.2, -0.15) is 24.5 Å². The molecule has 24 heavy (non-hydrogen) atoms. The number of rotatable bonds is 5. The lowest BCUT2D eigenvalue weighted by Crippen LogP contribution is -2.17. The molecular formula is C17H15F3N2S2. The summed E-state index contributed by atoms with van der Waals surface area (Å²) in [5.74, 6) is 0. The van der Waals surface area contributed by atoms with Crippen molar-refractivity contribution in [3.05, 3.63) is 63.3 Å². The van der Waals surface area contributed by atoms with Crippen molar-refractivity contribution in [2.45, 2.75) is 19.3 Å². The Morgan fingerprint density at radius 2 is 1.79 bits per heavy atom. The Labute approximate surface area is 146 Å². The Kier molecular flexibility index (Phi) is 5.03. The second-order valence-electron chi connectivity index (χ2n) is 5.52. The summed E-state index contributed by atoms with van der Waals surface area (Å²) in [6.45, 7) is 1.23. The predicted octanol–water partition coefficient (Wildman–Crippen LogP) is 5.52. The standard InChI is InChI=1S/C17H15F3N2S2/c1-22(8-12-2-4-14(5-3-12)17(18,19)20)9-15-11-24-16(21-15)13-6-7-23-10-13/h2-7,10-11H,8-9H2,1H3. The van der Waals surface area contributed by atoms with E-state index in [0.717, 1.165) is 34.0 Å². The van der Waals surface area contributed by atoms with Crippen LogP contribution in [-0.2, 0) is 19.3 Å². The molecule has 2 aromatic heterocycles. The molecule has 3 aromatic rings. The fourth-order valence-corrected chi connectivity index (χ4v) is 3.86.